The van der Waals surface area contributed by atoms with E-state index in [1.54, 1.807) is 16.8 Å². The fourth-order valence-corrected chi connectivity index (χ4v) is 3.22. The lowest BCUT2D eigenvalue weighted by molar-refractivity contribution is 0.690. The molecule has 0 aliphatic heterocycles. The summed E-state index contributed by atoms with van der Waals surface area (Å²) in [6.07, 6.45) is 4.22. The predicted octanol–water partition coefficient (Wildman–Crippen LogP) is 6.63. The maximum Gasteiger partial charge on any atom is 0.163 e. The predicted molar refractivity (Wildman–Crippen MR) is 105 cm³/mol. The Morgan fingerprint density at radius 1 is 0.920 bits per heavy atom. The van der Waals surface area contributed by atoms with Crippen molar-refractivity contribution >= 4 is 34.8 Å². The third-order valence-electron chi connectivity index (χ3n) is 3.90. The number of nitrogens with zero attached hydrogens (tertiary/aromatic N) is 3. The van der Waals surface area contributed by atoms with E-state index in [0.29, 0.717) is 15.1 Å². The van der Waals surface area contributed by atoms with Crippen LogP contribution in [0.25, 0.3) is 17.1 Å². The first-order valence-electron chi connectivity index (χ1n) is 8.26. The average Bonchev–Trinajstić information content (AvgIpc) is 3.00. The Kier molecular flexibility index (Phi) is 6.00. The number of benzene rings is 2. The van der Waals surface area contributed by atoms with E-state index in [1.165, 1.54) is 0 Å². The van der Waals surface area contributed by atoms with Crippen LogP contribution < -0.4 is 0 Å². The second kappa shape index (κ2) is 8.22. The van der Waals surface area contributed by atoms with Crippen LogP contribution >= 0.6 is 34.8 Å². The zero-order valence-corrected chi connectivity index (χ0v) is 16.1. The van der Waals surface area contributed by atoms with Crippen LogP contribution in [0.2, 0.25) is 15.1 Å². The van der Waals surface area contributed by atoms with Gasteiger partial charge in [0.25, 0.3) is 0 Å². The van der Waals surface area contributed by atoms with Gasteiger partial charge in [-0.3, -0.25) is 0 Å². The Labute approximate surface area is 162 Å². The number of aryl methyl sites for hydroxylation is 1. The molecule has 3 nitrogen and oxygen atoms in total. The molecule has 1 aromatic heterocycles. The lowest BCUT2D eigenvalue weighted by atomic mass is 10.2. The first-order chi connectivity index (χ1) is 12.1. The number of hydrogen-bond acceptors (Lipinski definition) is 2. The summed E-state index contributed by atoms with van der Waals surface area (Å²) >= 11 is 18.4. The summed E-state index contributed by atoms with van der Waals surface area (Å²) in [6, 6.07) is 12.9. The first kappa shape index (κ1) is 18.2. The molecule has 0 bridgehead atoms. The van der Waals surface area contributed by atoms with Gasteiger partial charge in [0, 0.05) is 22.0 Å². The number of rotatable bonds is 6. The summed E-state index contributed by atoms with van der Waals surface area (Å²) in [5, 5.41) is 6.49. The molecule has 0 unspecified atom stereocenters. The van der Waals surface area contributed by atoms with Gasteiger partial charge in [0.05, 0.1) is 10.7 Å². The molecule has 0 aliphatic rings. The third kappa shape index (κ3) is 4.35. The maximum atomic E-state index is 6.39. The molecule has 0 radical (unpaired) electrons. The minimum Gasteiger partial charge on any atom is -0.211 e. The maximum absolute atomic E-state index is 6.39. The number of hydrogen-bond donors (Lipinski definition) is 0. The molecular formula is C19H18Cl3N3. The fourth-order valence-electron chi connectivity index (χ4n) is 2.60. The van der Waals surface area contributed by atoms with Crippen LogP contribution in [0.15, 0.2) is 42.5 Å². The Morgan fingerprint density at radius 3 is 2.32 bits per heavy atom. The summed E-state index contributed by atoms with van der Waals surface area (Å²) in [7, 11) is 0. The third-order valence-corrected chi connectivity index (χ3v) is 4.69. The lowest BCUT2D eigenvalue weighted by Crippen LogP contribution is -2.01. The Bertz CT molecular complexity index is 857. The van der Waals surface area contributed by atoms with E-state index in [0.717, 1.165) is 48.6 Å². The van der Waals surface area contributed by atoms with E-state index in [9.17, 15) is 0 Å². The Morgan fingerprint density at radius 2 is 1.64 bits per heavy atom. The summed E-state index contributed by atoms with van der Waals surface area (Å²) in [5.74, 6) is 1.55. The molecule has 0 spiro atoms. The van der Waals surface area contributed by atoms with Crippen LogP contribution in [0.4, 0.5) is 0 Å². The highest BCUT2D eigenvalue weighted by Crippen LogP contribution is 2.29. The van der Waals surface area contributed by atoms with Gasteiger partial charge in [0.1, 0.15) is 0 Å². The van der Waals surface area contributed by atoms with Gasteiger partial charge in [-0.25, -0.2) is 9.67 Å². The molecular weight excluding hydrogens is 377 g/mol. The molecule has 6 heteroatoms. The minimum atomic E-state index is 0.535. The smallest absolute Gasteiger partial charge is 0.163 e. The van der Waals surface area contributed by atoms with Gasteiger partial charge >= 0.3 is 0 Å². The largest absolute Gasteiger partial charge is 0.211 e. The van der Waals surface area contributed by atoms with E-state index in [2.05, 4.69) is 12.0 Å². The van der Waals surface area contributed by atoms with Gasteiger partial charge in [0.15, 0.2) is 11.6 Å². The van der Waals surface area contributed by atoms with Crippen LogP contribution in [-0.4, -0.2) is 14.8 Å². The number of halogens is 3. The second-order valence-corrected chi connectivity index (χ2v) is 7.10. The molecule has 3 aromatic rings. The van der Waals surface area contributed by atoms with Crippen molar-refractivity contribution < 1.29 is 0 Å². The van der Waals surface area contributed by atoms with Gasteiger partial charge in [-0.05, 0) is 48.9 Å². The topological polar surface area (TPSA) is 30.7 Å². The molecule has 0 N–H and O–H groups in total. The highest BCUT2D eigenvalue weighted by molar-refractivity contribution is 6.35. The molecule has 0 atom stereocenters. The summed E-state index contributed by atoms with van der Waals surface area (Å²) in [5.41, 5.74) is 1.69. The van der Waals surface area contributed by atoms with E-state index >= 15 is 0 Å². The van der Waals surface area contributed by atoms with Crippen LogP contribution in [0, 0.1) is 0 Å². The van der Waals surface area contributed by atoms with Gasteiger partial charge in [-0.1, -0.05) is 54.6 Å². The standard InChI is InChI=1S/C19H18Cl3N3/c1-2-3-4-5-18-23-19(13-6-8-14(20)9-7-13)25(24-18)17-11-10-15(21)12-16(17)22/h6-12H,2-5H2,1H3. The van der Waals surface area contributed by atoms with Crippen molar-refractivity contribution in [2.24, 2.45) is 0 Å². The van der Waals surface area contributed by atoms with Crippen LogP contribution in [-0.2, 0) is 6.42 Å². The molecule has 0 aliphatic carbocycles. The quantitative estimate of drug-likeness (QED) is 0.439. The molecule has 0 saturated heterocycles. The second-order valence-electron chi connectivity index (χ2n) is 5.82. The van der Waals surface area contributed by atoms with E-state index in [4.69, 9.17) is 39.8 Å². The van der Waals surface area contributed by atoms with Crippen molar-refractivity contribution in [2.75, 3.05) is 0 Å². The highest BCUT2D eigenvalue weighted by Gasteiger charge is 2.16. The van der Waals surface area contributed by atoms with Gasteiger partial charge in [-0.15, -0.1) is 0 Å². The van der Waals surface area contributed by atoms with E-state index in [-0.39, 0.29) is 0 Å². The Balaban J connectivity index is 2.06. The van der Waals surface area contributed by atoms with E-state index in [1.807, 2.05) is 30.3 Å². The highest BCUT2D eigenvalue weighted by atomic mass is 35.5. The van der Waals surface area contributed by atoms with Crippen molar-refractivity contribution in [3.05, 3.63) is 63.4 Å². The normalized spacial score (nSPS) is 11.0. The van der Waals surface area contributed by atoms with Crippen molar-refractivity contribution in [2.45, 2.75) is 32.6 Å². The van der Waals surface area contributed by atoms with Crippen molar-refractivity contribution in [1.82, 2.24) is 14.8 Å². The van der Waals surface area contributed by atoms with Crippen molar-refractivity contribution in [3.63, 3.8) is 0 Å². The van der Waals surface area contributed by atoms with Crippen LogP contribution in [0.5, 0.6) is 0 Å². The van der Waals surface area contributed by atoms with Crippen LogP contribution in [0.1, 0.15) is 32.0 Å². The van der Waals surface area contributed by atoms with Crippen molar-refractivity contribution in [1.29, 1.82) is 0 Å². The van der Waals surface area contributed by atoms with Crippen molar-refractivity contribution in [3.8, 4) is 17.1 Å². The van der Waals surface area contributed by atoms with Gasteiger partial charge < -0.3 is 0 Å². The monoisotopic (exact) mass is 393 g/mol. The minimum absolute atomic E-state index is 0.535. The first-order valence-corrected chi connectivity index (χ1v) is 9.39. The SMILES string of the molecule is CCCCCc1nc(-c2ccc(Cl)cc2)n(-c2ccc(Cl)cc2Cl)n1. The molecule has 2 aromatic carbocycles. The molecule has 0 saturated carbocycles. The van der Waals surface area contributed by atoms with Crippen LogP contribution in [0.3, 0.4) is 0 Å². The Hall–Kier alpha value is -1.55. The van der Waals surface area contributed by atoms with Gasteiger partial charge in [0.2, 0.25) is 0 Å². The molecule has 3 rings (SSSR count). The molecule has 0 amide bonds. The van der Waals surface area contributed by atoms with Gasteiger partial charge in [-0.2, -0.15) is 5.10 Å². The molecule has 1 heterocycles. The lowest BCUT2D eigenvalue weighted by Gasteiger charge is -2.08. The molecule has 130 valence electrons. The van der Waals surface area contributed by atoms with E-state index < -0.39 is 0 Å². The number of aromatic nitrogens is 3. The molecule has 0 fully saturated rings. The zero-order chi connectivity index (χ0) is 17.8. The number of unbranched alkanes of at least 4 members (excludes halogenated alkanes) is 2. The molecule has 25 heavy (non-hydrogen) atoms. The zero-order valence-electron chi connectivity index (χ0n) is 13.8. The average molecular weight is 395 g/mol. The fraction of sp³-hybridized carbons (Fsp3) is 0.263. The summed E-state index contributed by atoms with van der Waals surface area (Å²) in [6.45, 7) is 2.18. The summed E-state index contributed by atoms with van der Waals surface area (Å²) < 4.78 is 1.78. The summed E-state index contributed by atoms with van der Waals surface area (Å²) in [4.78, 5) is 4.74.